The highest BCUT2D eigenvalue weighted by molar-refractivity contribution is 7.99. The fourth-order valence-electron chi connectivity index (χ4n) is 4.67. The number of hydrogen-bond acceptors (Lipinski definition) is 7. The molecule has 0 aliphatic carbocycles. The zero-order valence-corrected chi connectivity index (χ0v) is 22.5. The molecule has 4 heterocycles. The quantitative estimate of drug-likeness (QED) is 0.106. The van der Waals surface area contributed by atoms with Gasteiger partial charge in [-0.05, 0) is 80.1 Å². The maximum absolute atomic E-state index is 12.8. The van der Waals surface area contributed by atoms with Crippen LogP contribution in [-0.2, 0) is 9.53 Å². The van der Waals surface area contributed by atoms with Gasteiger partial charge in [-0.3, -0.25) is 14.3 Å². The molecule has 0 radical (unpaired) electrons. The van der Waals surface area contributed by atoms with Crippen molar-refractivity contribution in [2.45, 2.75) is 24.9 Å². The summed E-state index contributed by atoms with van der Waals surface area (Å²) in [7, 11) is 0. The standard InChI is InChI=1S/C26H23N5O3S3/c1-2-34-24(33)16-9-11-17(12-10-16)30-23-21(37-26(30)35)22-27-18-7-3-4-8-19(18)31(22)25(28-23)36-15-20(32)29-13-5-6-14-29/h3-4,7-12H,2,5-6,13-15H2,1H3/p+1. The van der Waals surface area contributed by atoms with Crippen LogP contribution in [0.2, 0.25) is 0 Å². The van der Waals surface area contributed by atoms with Crippen molar-refractivity contribution in [3.8, 4) is 5.69 Å². The first-order chi connectivity index (χ1) is 18.0. The number of carbonyl (C=O) groups excluding carboxylic acids is 2. The Morgan fingerprint density at radius 3 is 2.68 bits per heavy atom. The van der Waals surface area contributed by atoms with Gasteiger partial charge in [-0.25, -0.2) is 4.79 Å². The predicted molar refractivity (Wildman–Crippen MR) is 147 cm³/mol. The van der Waals surface area contributed by atoms with Crippen molar-refractivity contribution >= 4 is 74.2 Å². The molecule has 1 aliphatic heterocycles. The first kappa shape index (κ1) is 24.1. The van der Waals surface area contributed by atoms with E-state index in [2.05, 4.69) is 9.38 Å². The van der Waals surface area contributed by atoms with Crippen LogP contribution >= 0.6 is 35.3 Å². The van der Waals surface area contributed by atoms with Gasteiger partial charge < -0.3 is 9.64 Å². The normalized spacial score (nSPS) is 13.7. The molecule has 37 heavy (non-hydrogen) atoms. The molecule has 1 fully saturated rings. The molecule has 0 unspecified atom stereocenters. The minimum Gasteiger partial charge on any atom is -0.462 e. The van der Waals surface area contributed by atoms with Gasteiger partial charge in [0.25, 0.3) is 5.65 Å². The second kappa shape index (κ2) is 9.88. The van der Waals surface area contributed by atoms with Crippen LogP contribution in [0.3, 0.4) is 0 Å². The highest BCUT2D eigenvalue weighted by atomic mass is 32.2. The fraction of sp³-hybridized carbons (Fsp3) is 0.269. The number of amides is 1. The number of benzene rings is 2. The predicted octanol–water partition coefficient (Wildman–Crippen LogP) is 4.93. The molecule has 0 bridgehead atoms. The van der Waals surface area contributed by atoms with Crippen molar-refractivity contribution in [2.24, 2.45) is 0 Å². The second-order valence-corrected chi connectivity index (χ2v) is 11.3. The summed E-state index contributed by atoms with van der Waals surface area (Å²) >= 11 is 8.70. The Hall–Kier alpha value is -3.28. The van der Waals surface area contributed by atoms with Gasteiger partial charge in [0, 0.05) is 13.1 Å². The molecule has 2 aromatic carbocycles. The molecule has 6 rings (SSSR count). The topological polar surface area (TPSA) is 84.3 Å². The number of ether oxygens (including phenoxy) is 1. The van der Waals surface area contributed by atoms with Crippen LogP contribution in [0.1, 0.15) is 30.1 Å². The number of aromatic amines is 1. The maximum Gasteiger partial charge on any atom is 0.338 e. The smallest absolute Gasteiger partial charge is 0.338 e. The van der Waals surface area contributed by atoms with E-state index in [4.69, 9.17) is 21.9 Å². The van der Waals surface area contributed by atoms with Crippen LogP contribution in [-0.4, -0.2) is 56.8 Å². The van der Waals surface area contributed by atoms with E-state index in [0.717, 1.165) is 58.2 Å². The van der Waals surface area contributed by atoms with E-state index < -0.39 is 0 Å². The summed E-state index contributed by atoms with van der Waals surface area (Å²) in [6.07, 6.45) is 2.13. The number of likely N-dealkylation sites (tertiary alicyclic amines) is 1. The Bertz CT molecular complexity index is 1720. The molecule has 5 aromatic rings. The number of para-hydroxylation sites is 2. The molecule has 1 saturated heterocycles. The lowest BCUT2D eigenvalue weighted by atomic mass is 10.2. The summed E-state index contributed by atoms with van der Waals surface area (Å²) in [6.45, 7) is 3.76. The van der Waals surface area contributed by atoms with E-state index in [1.165, 1.54) is 23.1 Å². The van der Waals surface area contributed by atoms with Crippen molar-refractivity contribution in [3.63, 3.8) is 0 Å². The molecule has 1 N–H and O–H groups in total. The summed E-state index contributed by atoms with van der Waals surface area (Å²) in [5.74, 6) is 0.0948. The monoisotopic (exact) mass is 550 g/mol. The minimum absolute atomic E-state index is 0.134. The summed E-state index contributed by atoms with van der Waals surface area (Å²) in [6, 6.07) is 15.2. The van der Waals surface area contributed by atoms with Crippen molar-refractivity contribution in [1.82, 2.24) is 19.4 Å². The maximum atomic E-state index is 12.8. The van der Waals surface area contributed by atoms with Gasteiger partial charge in [0.05, 0.1) is 23.6 Å². The van der Waals surface area contributed by atoms with Gasteiger partial charge in [0.1, 0.15) is 11.0 Å². The van der Waals surface area contributed by atoms with Gasteiger partial charge in [-0.15, -0.1) is 0 Å². The third-order valence-corrected chi connectivity index (χ3v) is 8.73. The lowest BCUT2D eigenvalue weighted by molar-refractivity contribution is -0.530. The fourth-order valence-corrected chi connectivity index (χ4v) is 6.94. The molecule has 1 aliphatic rings. The lowest BCUT2D eigenvalue weighted by Crippen LogP contribution is -2.31. The number of thiazole rings is 1. The molecule has 0 atom stereocenters. The zero-order valence-electron chi connectivity index (χ0n) is 20.1. The number of hydrogen-bond donors (Lipinski definition) is 1. The van der Waals surface area contributed by atoms with Gasteiger partial charge in [0.2, 0.25) is 11.6 Å². The average molecular weight is 551 g/mol. The van der Waals surface area contributed by atoms with E-state index in [1.807, 2.05) is 45.9 Å². The van der Waals surface area contributed by atoms with Gasteiger partial charge in [-0.1, -0.05) is 28.5 Å². The van der Waals surface area contributed by atoms with E-state index in [1.54, 1.807) is 19.1 Å². The molecule has 0 saturated carbocycles. The minimum atomic E-state index is -0.358. The summed E-state index contributed by atoms with van der Waals surface area (Å²) < 4.78 is 10.7. The number of nitrogens with zero attached hydrogens (tertiary/aromatic N) is 4. The van der Waals surface area contributed by atoms with Crippen LogP contribution in [0.25, 0.3) is 32.7 Å². The number of aromatic nitrogens is 4. The third kappa shape index (κ3) is 4.30. The number of esters is 1. The first-order valence-electron chi connectivity index (χ1n) is 12.1. The van der Waals surface area contributed by atoms with Crippen LogP contribution < -0.4 is 4.40 Å². The first-order valence-corrected chi connectivity index (χ1v) is 14.3. The van der Waals surface area contributed by atoms with E-state index in [0.29, 0.717) is 27.5 Å². The molecular formula is C26H24N5O3S3+. The Labute approximate surface area is 225 Å². The van der Waals surface area contributed by atoms with Gasteiger partial charge in [0.15, 0.2) is 8.65 Å². The van der Waals surface area contributed by atoms with Crippen molar-refractivity contribution in [3.05, 3.63) is 58.0 Å². The van der Waals surface area contributed by atoms with E-state index >= 15 is 0 Å². The van der Waals surface area contributed by atoms with Crippen LogP contribution in [0.15, 0.2) is 53.7 Å². The summed E-state index contributed by atoms with van der Waals surface area (Å²) in [5, 5.41) is 0.720. The highest BCUT2D eigenvalue weighted by Gasteiger charge is 2.27. The van der Waals surface area contributed by atoms with Gasteiger partial charge in [-0.2, -0.15) is 4.40 Å². The molecule has 1 amide bonds. The number of fused-ring (bicyclic) bond motifs is 5. The average Bonchev–Trinajstić information content (AvgIpc) is 3.64. The highest BCUT2D eigenvalue weighted by Crippen LogP contribution is 2.31. The van der Waals surface area contributed by atoms with E-state index in [-0.39, 0.29) is 11.9 Å². The molecule has 188 valence electrons. The molecule has 3 aromatic heterocycles. The summed E-state index contributed by atoms with van der Waals surface area (Å²) in [5.41, 5.74) is 4.86. The molecule has 8 nitrogen and oxygen atoms in total. The summed E-state index contributed by atoms with van der Waals surface area (Å²) in [4.78, 5) is 35.5. The molecular weight excluding hydrogens is 527 g/mol. The van der Waals surface area contributed by atoms with E-state index in [9.17, 15) is 9.59 Å². The Balaban J connectivity index is 1.49. The van der Waals surface area contributed by atoms with Crippen molar-refractivity contribution in [2.75, 3.05) is 25.4 Å². The SMILES string of the molecule is CCOC(=O)c1ccc(-n2c(=S)sc3c2nc(SCC(=O)N2CCCC2)[n+]2c4ccccc4[nH]c32)cc1. The number of carbonyl (C=O) groups is 2. The molecule has 0 spiro atoms. The number of rotatable bonds is 6. The Morgan fingerprint density at radius 1 is 1.16 bits per heavy atom. The number of nitrogens with one attached hydrogen (secondary N) is 1. The number of thioether (sulfide) groups is 1. The third-order valence-electron chi connectivity index (χ3n) is 6.44. The van der Waals surface area contributed by atoms with Crippen LogP contribution in [0.4, 0.5) is 0 Å². The van der Waals surface area contributed by atoms with Crippen molar-refractivity contribution < 1.29 is 18.7 Å². The number of imidazole rings is 1. The van der Waals surface area contributed by atoms with Gasteiger partial charge >= 0.3 is 11.1 Å². The zero-order chi connectivity index (χ0) is 25.5. The van der Waals surface area contributed by atoms with Crippen LogP contribution in [0.5, 0.6) is 0 Å². The Morgan fingerprint density at radius 2 is 1.92 bits per heavy atom. The second-order valence-electron chi connectivity index (χ2n) is 8.72. The lowest BCUT2D eigenvalue weighted by Gasteiger charge is -2.13. The Kier molecular flexibility index (Phi) is 6.43. The largest absolute Gasteiger partial charge is 0.462 e. The number of H-pyrrole nitrogens is 1. The van der Waals surface area contributed by atoms with Crippen molar-refractivity contribution in [1.29, 1.82) is 0 Å². The van der Waals surface area contributed by atoms with Crippen LogP contribution in [0, 0.1) is 3.95 Å². The molecule has 11 heteroatoms.